The van der Waals surface area contributed by atoms with Crippen molar-refractivity contribution in [2.24, 2.45) is 0 Å². The zero-order chi connectivity index (χ0) is 13.1. The number of halogens is 1. The number of ether oxygens (including phenoxy) is 1. The van der Waals surface area contributed by atoms with Crippen LogP contribution in [-0.2, 0) is 4.74 Å². The first-order chi connectivity index (χ1) is 8.61. The van der Waals surface area contributed by atoms with Gasteiger partial charge in [-0.05, 0) is 37.5 Å². The zero-order valence-electron chi connectivity index (χ0n) is 10.9. The summed E-state index contributed by atoms with van der Waals surface area (Å²) in [6.07, 6.45) is 1.96. The molecular weight excluding hydrogens is 250 g/mol. The Kier molecular flexibility index (Phi) is 4.49. The van der Waals surface area contributed by atoms with Crippen LogP contribution in [-0.4, -0.2) is 31.4 Å². The van der Waals surface area contributed by atoms with E-state index in [1.54, 1.807) is 14.0 Å². The molecule has 0 aromatic heterocycles. The van der Waals surface area contributed by atoms with Crippen LogP contribution in [0, 0.1) is 0 Å². The molecule has 1 unspecified atom stereocenters. The number of aliphatic hydroxyl groups is 1. The highest BCUT2D eigenvalue weighted by atomic mass is 35.5. The van der Waals surface area contributed by atoms with E-state index in [1.807, 2.05) is 18.2 Å². The van der Waals surface area contributed by atoms with Gasteiger partial charge in [-0.15, -0.1) is 0 Å². The molecule has 4 heteroatoms. The van der Waals surface area contributed by atoms with Gasteiger partial charge in [0.15, 0.2) is 0 Å². The number of rotatable bonds is 3. The van der Waals surface area contributed by atoms with Crippen molar-refractivity contribution in [1.82, 2.24) is 0 Å². The Bertz CT molecular complexity index is 401. The van der Waals surface area contributed by atoms with Gasteiger partial charge in [0.1, 0.15) is 0 Å². The third kappa shape index (κ3) is 2.97. The van der Waals surface area contributed by atoms with Crippen LogP contribution < -0.4 is 4.90 Å². The number of nitrogens with zero attached hydrogens (tertiary/aromatic N) is 1. The summed E-state index contributed by atoms with van der Waals surface area (Å²) in [5, 5.41) is 10.2. The lowest BCUT2D eigenvalue weighted by atomic mass is 10.1. The van der Waals surface area contributed by atoms with Gasteiger partial charge in [-0.3, -0.25) is 0 Å². The van der Waals surface area contributed by atoms with Crippen molar-refractivity contribution in [3.8, 4) is 0 Å². The maximum Gasteiger partial charge on any atom is 0.0762 e. The molecule has 1 aliphatic heterocycles. The lowest BCUT2D eigenvalue weighted by Gasteiger charge is -2.33. The molecule has 0 saturated carbocycles. The van der Waals surface area contributed by atoms with Gasteiger partial charge in [0.25, 0.3) is 0 Å². The van der Waals surface area contributed by atoms with Crippen LogP contribution >= 0.6 is 11.6 Å². The number of hydrogen-bond donors (Lipinski definition) is 1. The Hall–Kier alpha value is -0.770. The lowest BCUT2D eigenvalue weighted by Crippen LogP contribution is -2.36. The van der Waals surface area contributed by atoms with Gasteiger partial charge < -0.3 is 14.7 Å². The largest absolute Gasteiger partial charge is 0.389 e. The Labute approximate surface area is 113 Å². The number of aliphatic hydroxyl groups excluding tert-OH is 1. The van der Waals surface area contributed by atoms with E-state index in [1.165, 1.54) is 0 Å². The highest BCUT2D eigenvalue weighted by Crippen LogP contribution is 2.31. The normalized spacial score (nSPS) is 19.0. The van der Waals surface area contributed by atoms with Gasteiger partial charge in [0.2, 0.25) is 0 Å². The van der Waals surface area contributed by atoms with Crippen LogP contribution in [0.3, 0.4) is 0 Å². The van der Waals surface area contributed by atoms with Crippen molar-refractivity contribution in [1.29, 1.82) is 0 Å². The SMILES string of the molecule is COC1CCN(c2ccc(C(C)O)cc2Cl)CC1. The van der Waals surface area contributed by atoms with Gasteiger partial charge in [-0.1, -0.05) is 17.7 Å². The van der Waals surface area contributed by atoms with E-state index in [0.29, 0.717) is 11.1 Å². The van der Waals surface area contributed by atoms with Crippen molar-refractivity contribution >= 4 is 17.3 Å². The van der Waals surface area contributed by atoms with Crippen molar-refractivity contribution < 1.29 is 9.84 Å². The predicted octanol–water partition coefficient (Wildman–Crippen LogP) is 3.01. The van der Waals surface area contributed by atoms with Crippen LogP contribution in [0.5, 0.6) is 0 Å². The summed E-state index contributed by atoms with van der Waals surface area (Å²) in [6, 6.07) is 5.79. The number of hydrogen-bond acceptors (Lipinski definition) is 3. The molecule has 1 heterocycles. The number of anilines is 1. The molecule has 0 radical (unpaired) electrons. The van der Waals surface area contributed by atoms with Crippen LogP contribution in [0.15, 0.2) is 18.2 Å². The molecule has 0 amide bonds. The maximum atomic E-state index is 9.53. The number of benzene rings is 1. The fourth-order valence-corrected chi connectivity index (χ4v) is 2.68. The zero-order valence-corrected chi connectivity index (χ0v) is 11.7. The molecule has 1 aromatic carbocycles. The van der Waals surface area contributed by atoms with E-state index in [-0.39, 0.29) is 0 Å². The maximum absolute atomic E-state index is 9.53. The molecule has 1 saturated heterocycles. The van der Waals surface area contributed by atoms with E-state index in [2.05, 4.69) is 4.90 Å². The third-order valence-electron chi connectivity index (χ3n) is 3.57. The third-order valence-corrected chi connectivity index (χ3v) is 3.87. The molecule has 1 atom stereocenters. The average molecular weight is 270 g/mol. The smallest absolute Gasteiger partial charge is 0.0762 e. The minimum absolute atomic E-state index is 0.372. The van der Waals surface area contributed by atoms with Crippen LogP contribution in [0.1, 0.15) is 31.4 Å². The van der Waals surface area contributed by atoms with Crippen LogP contribution in [0.25, 0.3) is 0 Å². The Balaban J connectivity index is 2.10. The molecule has 1 fully saturated rings. The lowest BCUT2D eigenvalue weighted by molar-refractivity contribution is 0.0819. The summed E-state index contributed by atoms with van der Waals surface area (Å²) >= 11 is 6.29. The summed E-state index contributed by atoms with van der Waals surface area (Å²) < 4.78 is 5.36. The van der Waals surface area contributed by atoms with Crippen molar-refractivity contribution in [3.05, 3.63) is 28.8 Å². The molecule has 0 spiro atoms. The first-order valence-corrected chi connectivity index (χ1v) is 6.75. The Morgan fingerprint density at radius 2 is 2.06 bits per heavy atom. The van der Waals surface area contributed by atoms with E-state index in [0.717, 1.165) is 37.2 Å². The van der Waals surface area contributed by atoms with Crippen LogP contribution in [0.2, 0.25) is 5.02 Å². The van der Waals surface area contributed by atoms with E-state index in [4.69, 9.17) is 16.3 Å². The first-order valence-electron chi connectivity index (χ1n) is 6.37. The minimum atomic E-state index is -0.476. The van der Waals surface area contributed by atoms with Crippen molar-refractivity contribution in [2.75, 3.05) is 25.1 Å². The molecule has 0 bridgehead atoms. The second kappa shape index (κ2) is 5.91. The van der Waals surface area contributed by atoms with Crippen molar-refractivity contribution in [2.45, 2.75) is 32.0 Å². The number of piperidine rings is 1. The van der Waals surface area contributed by atoms with E-state index < -0.39 is 6.10 Å². The van der Waals surface area contributed by atoms with Crippen molar-refractivity contribution in [3.63, 3.8) is 0 Å². The van der Waals surface area contributed by atoms with Gasteiger partial charge in [-0.25, -0.2) is 0 Å². The number of methoxy groups -OCH3 is 1. The van der Waals surface area contributed by atoms with E-state index in [9.17, 15) is 5.11 Å². The highest BCUT2D eigenvalue weighted by Gasteiger charge is 2.20. The van der Waals surface area contributed by atoms with Gasteiger partial charge in [0, 0.05) is 20.2 Å². The van der Waals surface area contributed by atoms with Gasteiger partial charge in [-0.2, -0.15) is 0 Å². The molecule has 100 valence electrons. The molecule has 18 heavy (non-hydrogen) atoms. The highest BCUT2D eigenvalue weighted by molar-refractivity contribution is 6.33. The summed E-state index contributed by atoms with van der Waals surface area (Å²) in [6.45, 7) is 3.67. The molecule has 1 N–H and O–H groups in total. The van der Waals surface area contributed by atoms with Gasteiger partial charge in [0.05, 0.1) is 22.9 Å². The standard InChI is InChI=1S/C14H20ClNO2/c1-10(17)11-3-4-14(13(15)9-11)16-7-5-12(18-2)6-8-16/h3-4,9-10,12,17H,5-8H2,1-2H3. The molecular formula is C14H20ClNO2. The second-order valence-corrected chi connectivity index (χ2v) is 5.22. The fraction of sp³-hybridized carbons (Fsp3) is 0.571. The Morgan fingerprint density at radius 1 is 1.39 bits per heavy atom. The molecule has 1 aliphatic rings. The average Bonchev–Trinajstić information content (AvgIpc) is 2.38. The summed E-state index contributed by atoms with van der Waals surface area (Å²) in [5.74, 6) is 0. The summed E-state index contributed by atoms with van der Waals surface area (Å²) in [4.78, 5) is 2.28. The molecule has 0 aliphatic carbocycles. The quantitative estimate of drug-likeness (QED) is 0.916. The summed E-state index contributed by atoms with van der Waals surface area (Å²) in [5.41, 5.74) is 1.91. The monoisotopic (exact) mass is 269 g/mol. The first kappa shape index (κ1) is 13.7. The fourth-order valence-electron chi connectivity index (χ4n) is 2.37. The topological polar surface area (TPSA) is 32.7 Å². The molecule has 3 nitrogen and oxygen atoms in total. The van der Waals surface area contributed by atoms with E-state index >= 15 is 0 Å². The predicted molar refractivity (Wildman–Crippen MR) is 74.3 cm³/mol. The summed E-state index contributed by atoms with van der Waals surface area (Å²) in [7, 11) is 1.77. The van der Waals surface area contributed by atoms with Crippen LogP contribution in [0.4, 0.5) is 5.69 Å². The second-order valence-electron chi connectivity index (χ2n) is 4.81. The van der Waals surface area contributed by atoms with Gasteiger partial charge >= 0.3 is 0 Å². The minimum Gasteiger partial charge on any atom is -0.389 e. The molecule has 2 rings (SSSR count). The molecule has 1 aromatic rings. The Morgan fingerprint density at radius 3 is 2.56 bits per heavy atom.